The number of nitrogens with zero attached hydrogens (tertiary/aromatic N) is 2. The Bertz CT molecular complexity index is 913. The lowest BCUT2D eigenvalue weighted by molar-refractivity contribution is -0.137. The van der Waals surface area contributed by atoms with Crippen LogP contribution in [0.4, 0.5) is 40.7 Å². The van der Waals surface area contributed by atoms with Crippen LogP contribution in [0, 0.1) is 5.82 Å². The number of rotatable bonds is 4. The van der Waals surface area contributed by atoms with E-state index in [0.29, 0.717) is 22.0 Å². The van der Waals surface area contributed by atoms with Gasteiger partial charge in [0.2, 0.25) is 5.95 Å². The maximum absolute atomic E-state index is 13.3. The van der Waals surface area contributed by atoms with Gasteiger partial charge in [-0.1, -0.05) is 12.1 Å². The Kier molecular flexibility index (Phi) is 5.08. The highest BCUT2D eigenvalue weighted by Crippen LogP contribution is 2.36. The van der Waals surface area contributed by atoms with Crippen LogP contribution in [0.1, 0.15) is 5.56 Å². The molecular weight excluding hydrogens is 416 g/mol. The van der Waals surface area contributed by atoms with E-state index >= 15 is 0 Å². The summed E-state index contributed by atoms with van der Waals surface area (Å²) in [6.45, 7) is 0. The van der Waals surface area contributed by atoms with Crippen molar-refractivity contribution < 1.29 is 17.6 Å². The molecule has 134 valence electrons. The van der Waals surface area contributed by atoms with Gasteiger partial charge in [-0.15, -0.1) is 0 Å². The zero-order valence-electron chi connectivity index (χ0n) is 13.0. The van der Waals surface area contributed by atoms with E-state index in [0.717, 1.165) is 0 Å². The molecule has 0 saturated carbocycles. The zero-order valence-corrected chi connectivity index (χ0v) is 14.6. The van der Waals surface area contributed by atoms with Crippen LogP contribution in [-0.4, -0.2) is 9.97 Å². The van der Waals surface area contributed by atoms with E-state index < -0.39 is 23.4 Å². The lowest BCUT2D eigenvalue weighted by Crippen LogP contribution is -2.12. The molecule has 0 aliphatic carbocycles. The lowest BCUT2D eigenvalue weighted by Gasteiger charge is -2.15. The summed E-state index contributed by atoms with van der Waals surface area (Å²) in [5, 5.41) is 5.41. The molecule has 0 radical (unpaired) electrons. The molecule has 4 nitrogen and oxygen atoms in total. The highest BCUT2D eigenvalue weighted by atomic mass is 79.9. The van der Waals surface area contributed by atoms with Gasteiger partial charge in [0.25, 0.3) is 0 Å². The quantitative estimate of drug-likeness (QED) is 0.511. The van der Waals surface area contributed by atoms with Gasteiger partial charge in [0.15, 0.2) is 0 Å². The molecule has 1 heterocycles. The molecule has 0 bridgehead atoms. The van der Waals surface area contributed by atoms with Crippen LogP contribution in [0.3, 0.4) is 0 Å². The molecule has 0 fully saturated rings. The molecule has 0 aliphatic heterocycles. The predicted molar refractivity (Wildman–Crippen MR) is 94.1 cm³/mol. The standard InChI is InChI=1S/C17H11BrF4N4/c18-13-3-1-2-4-14(13)25-15-12(17(20,21)22)9-23-16(26-15)24-11-7-5-10(19)6-8-11/h1-9H,(H2,23,24,25,26). The molecule has 0 aliphatic rings. The van der Waals surface area contributed by atoms with Crippen LogP contribution in [-0.2, 0) is 6.18 Å². The first kappa shape index (κ1) is 18.1. The van der Waals surface area contributed by atoms with Crippen LogP contribution in [0.2, 0.25) is 0 Å². The van der Waals surface area contributed by atoms with Gasteiger partial charge in [-0.05, 0) is 52.3 Å². The van der Waals surface area contributed by atoms with Crippen molar-refractivity contribution >= 4 is 39.1 Å². The van der Waals surface area contributed by atoms with Crippen molar-refractivity contribution in [2.75, 3.05) is 10.6 Å². The summed E-state index contributed by atoms with van der Waals surface area (Å²) in [6.07, 6.45) is -3.93. The van der Waals surface area contributed by atoms with Crippen molar-refractivity contribution in [1.29, 1.82) is 0 Å². The summed E-state index contributed by atoms with van der Waals surface area (Å²) < 4.78 is 53.3. The minimum Gasteiger partial charge on any atom is -0.339 e. The molecule has 0 unspecified atom stereocenters. The number of benzene rings is 2. The van der Waals surface area contributed by atoms with Crippen molar-refractivity contribution in [3.05, 3.63) is 70.6 Å². The van der Waals surface area contributed by atoms with Crippen molar-refractivity contribution in [3.8, 4) is 0 Å². The predicted octanol–water partition coefficient (Wildman–Crippen LogP) is 5.88. The Morgan fingerprint density at radius 1 is 0.923 bits per heavy atom. The van der Waals surface area contributed by atoms with E-state index in [-0.39, 0.29) is 5.95 Å². The first-order valence-corrected chi connectivity index (χ1v) is 8.10. The number of halogens is 5. The second-order valence-corrected chi connectivity index (χ2v) is 6.04. The number of alkyl halides is 3. The fourth-order valence-electron chi connectivity index (χ4n) is 2.10. The molecule has 0 saturated heterocycles. The fraction of sp³-hybridized carbons (Fsp3) is 0.0588. The molecule has 26 heavy (non-hydrogen) atoms. The zero-order chi connectivity index (χ0) is 18.7. The molecule has 3 rings (SSSR count). The summed E-state index contributed by atoms with van der Waals surface area (Å²) in [6, 6.07) is 12.0. The topological polar surface area (TPSA) is 49.8 Å². The summed E-state index contributed by atoms with van der Waals surface area (Å²) in [7, 11) is 0. The van der Waals surface area contributed by atoms with Gasteiger partial charge in [0, 0.05) is 16.4 Å². The lowest BCUT2D eigenvalue weighted by atomic mass is 10.2. The van der Waals surface area contributed by atoms with Gasteiger partial charge in [0.1, 0.15) is 17.2 Å². The molecule has 2 aromatic carbocycles. The number of anilines is 4. The Morgan fingerprint density at radius 2 is 1.62 bits per heavy atom. The van der Waals surface area contributed by atoms with Gasteiger partial charge in [-0.2, -0.15) is 18.2 Å². The third-order valence-electron chi connectivity index (χ3n) is 3.32. The molecule has 0 spiro atoms. The Hall–Kier alpha value is -2.68. The smallest absolute Gasteiger partial charge is 0.339 e. The van der Waals surface area contributed by atoms with Crippen molar-refractivity contribution in [3.63, 3.8) is 0 Å². The normalized spacial score (nSPS) is 11.3. The summed E-state index contributed by atoms with van der Waals surface area (Å²) >= 11 is 3.27. The maximum atomic E-state index is 13.3. The first-order chi connectivity index (χ1) is 12.3. The molecule has 9 heteroatoms. The SMILES string of the molecule is Fc1ccc(Nc2ncc(C(F)(F)F)c(Nc3ccccc3Br)n2)cc1. The number of aromatic nitrogens is 2. The molecule has 3 aromatic rings. The number of hydrogen-bond donors (Lipinski definition) is 2. The van der Waals surface area contributed by atoms with E-state index in [1.807, 2.05) is 0 Å². The second-order valence-electron chi connectivity index (χ2n) is 5.19. The largest absolute Gasteiger partial charge is 0.421 e. The molecule has 0 atom stereocenters. The Morgan fingerprint density at radius 3 is 2.27 bits per heavy atom. The van der Waals surface area contributed by atoms with Crippen molar-refractivity contribution in [2.45, 2.75) is 6.18 Å². The minimum atomic E-state index is -4.63. The van der Waals surface area contributed by atoms with Crippen LogP contribution >= 0.6 is 15.9 Å². The fourth-order valence-corrected chi connectivity index (χ4v) is 2.48. The van der Waals surface area contributed by atoms with E-state index in [1.165, 1.54) is 24.3 Å². The molecular formula is C17H11BrF4N4. The maximum Gasteiger partial charge on any atom is 0.421 e. The summed E-state index contributed by atoms with van der Waals surface area (Å²) in [5.41, 5.74) is -0.139. The summed E-state index contributed by atoms with van der Waals surface area (Å²) in [5.74, 6) is -0.886. The monoisotopic (exact) mass is 426 g/mol. The number of nitrogens with one attached hydrogen (secondary N) is 2. The van der Waals surface area contributed by atoms with Crippen molar-refractivity contribution in [2.24, 2.45) is 0 Å². The van der Waals surface area contributed by atoms with Gasteiger partial charge in [0.05, 0.1) is 5.69 Å². The van der Waals surface area contributed by atoms with Crippen LogP contribution in [0.15, 0.2) is 59.2 Å². The minimum absolute atomic E-state index is 0.0563. The molecule has 1 aromatic heterocycles. The first-order valence-electron chi connectivity index (χ1n) is 7.31. The van der Waals surface area contributed by atoms with Gasteiger partial charge < -0.3 is 10.6 Å². The van der Waals surface area contributed by atoms with E-state index in [4.69, 9.17) is 0 Å². The van der Waals surface area contributed by atoms with Gasteiger partial charge in [-0.3, -0.25) is 0 Å². The van der Waals surface area contributed by atoms with E-state index in [2.05, 4.69) is 36.5 Å². The molecule has 2 N–H and O–H groups in total. The number of para-hydroxylation sites is 1. The van der Waals surface area contributed by atoms with Gasteiger partial charge in [-0.25, -0.2) is 9.37 Å². The van der Waals surface area contributed by atoms with Crippen molar-refractivity contribution in [1.82, 2.24) is 9.97 Å². The summed E-state index contributed by atoms with van der Waals surface area (Å²) in [4.78, 5) is 7.63. The third kappa shape index (κ3) is 4.29. The Labute approximate surface area is 154 Å². The number of hydrogen-bond acceptors (Lipinski definition) is 4. The van der Waals surface area contributed by atoms with Crippen LogP contribution in [0.25, 0.3) is 0 Å². The Balaban J connectivity index is 1.96. The third-order valence-corrected chi connectivity index (χ3v) is 4.01. The van der Waals surface area contributed by atoms with E-state index in [1.54, 1.807) is 24.3 Å². The average molecular weight is 427 g/mol. The van der Waals surface area contributed by atoms with Gasteiger partial charge >= 0.3 is 6.18 Å². The molecule has 0 amide bonds. The highest BCUT2D eigenvalue weighted by Gasteiger charge is 2.35. The second kappa shape index (κ2) is 7.28. The highest BCUT2D eigenvalue weighted by molar-refractivity contribution is 9.10. The van der Waals surface area contributed by atoms with Crippen LogP contribution in [0.5, 0.6) is 0 Å². The van der Waals surface area contributed by atoms with E-state index in [9.17, 15) is 17.6 Å². The van der Waals surface area contributed by atoms with Crippen LogP contribution < -0.4 is 10.6 Å². The average Bonchev–Trinajstić information content (AvgIpc) is 2.58.